The molecule has 18 heavy (non-hydrogen) atoms. The second-order valence-corrected chi connectivity index (χ2v) is 4.50. The Labute approximate surface area is 108 Å². The van der Waals surface area contributed by atoms with E-state index in [0.717, 1.165) is 12.1 Å². The molecule has 1 amide bonds. The van der Waals surface area contributed by atoms with Crippen LogP contribution in [-0.2, 0) is 4.79 Å². The maximum absolute atomic E-state index is 12.8. The molecule has 1 aromatic rings. The van der Waals surface area contributed by atoms with Crippen LogP contribution in [0.4, 0.5) is 4.39 Å². The summed E-state index contributed by atoms with van der Waals surface area (Å²) in [6.07, 6.45) is 0.444. The van der Waals surface area contributed by atoms with E-state index in [1.807, 2.05) is 20.8 Å². The summed E-state index contributed by atoms with van der Waals surface area (Å²) in [5.41, 5.74) is 0.904. The summed E-state index contributed by atoms with van der Waals surface area (Å²) in [5, 5.41) is 6.09. The standard InChI is InChI=1S/C14H21FN2O/c1-4-16-10(2)9-14(18)17-11(3)12-5-7-13(15)8-6-12/h5-8,10-11,16H,4,9H2,1-3H3,(H,17,18). The van der Waals surface area contributed by atoms with E-state index in [2.05, 4.69) is 10.6 Å². The Morgan fingerprint density at radius 2 is 1.89 bits per heavy atom. The lowest BCUT2D eigenvalue weighted by Gasteiger charge is -2.17. The van der Waals surface area contributed by atoms with Gasteiger partial charge in [0.05, 0.1) is 6.04 Å². The summed E-state index contributed by atoms with van der Waals surface area (Å²) in [6, 6.07) is 6.24. The molecule has 0 radical (unpaired) electrons. The Morgan fingerprint density at radius 1 is 1.28 bits per heavy atom. The van der Waals surface area contributed by atoms with Gasteiger partial charge in [0.1, 0.15) is 5.82 Å². The van der Waals surface area contributed by atoms with E-state index in [-0.39, 0.29) is 23.8 Å². The van der Waals surface area contributed by atoms with Crippen LogP contribution in [0.15, 0.2) is 24.3 Å². The summed E-state index contributed by atoms with van der Waals surface area (Å²) in [5.74, 6) is -0.265. The highest BCUT2D eigenvalue weighted by molar-refractivity contribution is 5.77. The third kappa shape index (κ3) is 4.84. The van der Waals surface area contributed by atoms with Gasteiger partial charge < -0.3 is 10.6 Å². The van der Waals surface area contributed by atoms with Gasteiger partial charge in [-0.1, -0.05) is 19.1 Å². The molecule has 0 fully saturated rings. The van der Waals surface area contributed by atoms with Crippen LogP contribution in [-0.4, -0.2) is 18.5 Å². The van der Waals surface area contributed by atoms with Gasteiger partial charge in [-0.15, -0.1) is 0 Å². The number of rotatable bonds is 6. The molecule has 3 nitrogen and oxygen atoms in total. The molecule has 0 aliphatic rings. The topological polar surface area (TPSA) is 41.1 Å². The van der Waals surface area contributed by atoms with Gasteiger partial charge in [0.25, 0.3) is 0 Å². The average molecular weight is 252 g/mol. The number of benzene rings is 1. The molecule has 0 bridgehead atoms. The van der Waals surface area contributed by atoms with Crippen molar-refractivity contribution in [3.8, 4) is 0 Å². The minimum Gasteiger partial charge on any atom is -0.350 e. The maximum Gasteiger partial charge on any atom is 0.222 e. The largest absolute Gasteiger partial charge is 0.350 e. The summed E-state index contributed by atoms with van der Waals surface area (Å²) < 4.78 is 12.8. The van der Waals surface area contributed by atoms with E-state index in [4.69, 9.17) is 0 Å². The highest BCUT2D eigenvalue weighted by Crippen LogP contribution is 2.12. The molecule has 2 atom stereocenters. The minimum atomic E-state index is -0.266. The van der Waals surface area contributed by atoms with E-state index < -0.39 is 0 Å². The molecule has 0 aliphatic heterocycles. The Balaban J connectivity index is 2.46. The lowest BCUT2D eigenvalue weighted by molar-refractivity contribution is -0.122. The third-order valence-electron chi connectivity index (χ3n) is 2.79. The number of amides is 1. The number of nitrogens with one attached hydrogen (secondary N) is 2. The fourth-order valence-corrected chi connectivity index (χ4v) is 1.83. The monoisotopic (exact) mass is 252 g/mol. The molecule has 100 valence electrons. The van der Waals surface area contributed by atoms with Crippen molar-refractivity contribution in [2.75, 3.05) is 6.54 Å². The van der Waals surface area contributed by atoms with Gasteiger partial charge in [0.15, 0.2) is 0 Å². The summed E-state index contributed by atoms with van der Waals surface area (Å²) in [7, 11) is 0. The van der Waals surface area contributed by atoms with Crippen LogP contribution in [0.25, 0.3) is 0 Å². The molecule has 1 rings (SSSR count). The van der Waals surface area contributed by atoms with Crippen molar-refractivity contribution in [2.45, 2.75) is 39.3 Å². The lowest BCUT2D eigenvalue weighted by Crippen LogP contribution is -2.34. The van der Waals surface area contributed by atoms with Crippen molar-refractivity contribution in [3.05, 3.63) is 35.6 Å². The SMILES string of the molecule is CCNC(C)CC(=O)NC(C)c1ccc(F)cc1. The van der Waals surface area contributed by atoms with Gasteiger partial charge in [-0.2, -0.15) is 0 Å². The normalized spacial score (nSPS) is 14.0. The highest BCUT2D eigenvalue weighted by Gasteiger charge is 2.12. The van der Waals surface area contributed by atoms with Gasteiger partial charge in [-0.25, -0.2) is 4.39 Å². The fraction of sp³-hybridized carbons (Fsp3) is 0.500. The maximum atomic E-state index is 12.8. The number of halogens is 1. The van der Waals surface area contributed by atoms with Crippen LogP contribution in [0.2, 0.25) is 0 Å². The Bertz CT molecular complexity index is 378. The quantitative estimate of drug-likeness (QED) is 0.816. The number of hydrogen-bond donors (Lipinski definition) is 2. The molecule has 0 saturated heterocycles. The minimum absolute atomic E-state index is 0.000255. The van der Waals surface area contributed by atoms with Gasteiger partial charge in [0, 0.05) is 12.5 Å². The van der Waals surface area contributed by atoms with E-state index in [0.29, 0.717) is 6.42 Å². The van der Waals surface area contributed by atoms with Crippen LogP contribution in [0.5, 0.6) is 0 Å². The molecule has 1 aromatic carbocycles. The lowest BCUT2D eigenvalue weighted by atomic mass is 10.1. The molecule has 0 aromatic heterocycles. The van der Waals surface area contributed by atoms with E-state index in [1.165, 1.54) is 12.1 Å². The molecule has 0 saturated carbocycles. The Kier molecular flexibility index (Phi) is 5.78. The van der Waals surface area contributed by atoms with Gasteiger partial charge in [-0.3, -0.25) is 4.79 Å². The second kappa shape index (κ2) is 7.11. The molecule has 0 heterocycles. The number of carbonyl (C=O) groups excluding carboxylic acids is 1. The first kappa shape index (κ1) is 14.6. The van der Waals surface area contributed by atoms with Crippen LogP contribution < -0.4 is 10.6 Å². The van der Waals surface area contributed by atoms with E-state index in [1.54, 1.807) is 12.1 Å². The summed E-state index contributed by atoms with van der Waals surface area (Å²) >= 11 is 0. The predicted molar refractivity (Wildman–Crippen MR) is 70.7 cm³/mol. The summed E-state index contributed by atoms with van der Waals surface area (Å²) in [6.45, 7) is 6.73. The Hall–Kier alpha value is -1.42. The van der Waals surface area contributed by atoms with Crippen LogP contribution in [0.3, 0.4) is 0 Å². The summed E-state index contributed by atoms with van der Waals surface area (Å²) in [4.78, 5) is 11.8. The zero-order chi connectivity index (χ0) is 13.5. The van der Waals surface area contributed by atoms with Gasteiger partial charge in [-0.05, 0) is 38.1 Å². The van der Waals surface area contributed by atoms with E-state index >= 15 is 0 Å². The zero-order valence-electron chi connectivity index (χ0n) is 11.2. The molecule has 0 spiro atoms. The smallest absolute Gasteiger partial charge is 0.222 e. The van der Waals surface area contributed by atoms with Crippen molar-refractivity contribution in [1.29, 1.82) is 0 Å². The zero-order valence-corrected chi connectivity index (χ0v) is 11.2. The van der Waals surface area contributed by atoms with Crippen molar-refractivity contribution in [3.63, 3.8) is 0 Å². The highest BCUT2D eigenvalue weighted by atomic mass is 19.1. The van der Waals surface area contributed by atoms with Crippen molar-refractivity contribution in [1.82, 2.24) is 10.6 Å². The third-order valence-corrected chi connectivity index (χ3v) is 2.79. The Morgan fingerprint density at radius 3 is 2.44 bits per heavy atom. The van der Waals surface area contributed by atoms with Crippen molar-refractivity contribution in [2.24, 2.45) is 0 Å². The molecule has 2 unspecified atom stereocenters. The first-order valence-corrected chi connectivity index (χ1v) is 6.31. The number of hydrogen-bond acceptors (Lipinski definition) is 2. The van der Waals surface area contributed by atoms with Crippen LogP contribution in [0.1, 0.15) is 38.8 Å². The molecule has 0 aliphatic carbocycles. The van der Waals surface area contributed by atoms with Crippen LogP contribution in [0, 0.1) is 5.82 Å². The van der Waals surface area contributed by atoms with Gasteiger partial charge in [0.2, 0.25) is 5.91 Å². The van der Waals surface area contributed by atoms with Gasteiger partial charge >= 0.3 is 0 Å². The van der Waals surface area contributed by atoms with Crippen molar-refractivity contribution < 1.29 is 9.18 Å². The molecular weight excluding hydrogens is 231 g/mol. The van der Waals surface area contributed by atoms with E-state index in [9.17, 15) is 9.18 Å². The van der Waals surface area contributed by atoms with Crippen molar-refractivity contribution >= 4 is 5.91 Å². The average Bonchev–Trinajstić information content (AvgIpc) is 2.29. The van der Waals surface area contributed by atoms with Crippen LogP contribution >= 0.6 is 0 Å². The predicted octanol–water partition coefficient (Wildman–Crippen LogP) is 2.39. The molecule has 2 N–H and O–H groups in total. The first-order chi connectivity index (χ1) is 8.52. The second-order valence-electron chi connectivity index (χ2n) is 4.50. The fourth-order valence-electron chi connectivity index (χ4n) is 1.83. The number of carbonyl (C=O) groups is 1. The molecular formula is C14H21FN2O. The molecule has 4 heteroatoms. The first-order valence-electron chi connectivity index (χ1n) is 6.31.